The lowest BCUT2D eigenvalue weighted by Gasteiger charge is -2.28. The average molecular weight is 325 g/mol. The fourth-order valence-corrected chi connectivity index (χ4v) is 3.40. The summed E-state index contributed by atoms with van der Waals surface area (Å²) in [4.78, 5) is 6.79. The maximum atomic E-state index is 4.24. The van der Waals surface area contributed by atoms with Gasteiger partial charge in [-0.2, -0.15) is 11.3 Å². The van der Waals surface area contributed by atoms with Gasteiger partial charge in [0.25, 0.3) is 0 Å². The first-order chi connectivity index (χ1) is 11.3. The first-order valence-electron chi connectivity index (χ1n) is 8.09. The summed E-state index contributed by atoms with van der Waals surface area (Å²) < 4.78 is 2.23. The number of rotatable bonds is 7. The second-order valence-corrected chi connectivity index (χ2v) is 6.65. The molecular formula is C19H23N3S. The molecule has 3 aromatic heterocycles. The molecule has 120 valence electrons. The number of pyridine rings is 1. The molecule has 0 fully saturated rings. The minimum atomic E-state index is 0.548. The number of thiophene rings is 1. The minimum Gasteiger partial charge on any atom is -0.318 e. The Kier molecular flexibility index (Phi) is 5.26. The monoisotopic (exact) mass is 325 g/mol. The lowest BCUT2D eigenvalue weighted by Crippen LogP contribution is -2.32. The van der Waals surface area contributed by atoms with Gasteiger partial charge in [-0.05, 0) is 60.0 Å². The number of hydrogen-bond donors (Lipinski definition) is 0. The van der Waals surface area contributed by atoms with Crippen LogP contribution in [0.3, 0.4) is 0 Å². The van der Waals surface area contributed by atoms with Gasteiger partial charge in [0.15, 0.2) is 0 Å². The molecule has 0 bridgehead atoms. The van der Waals surface area contributed by atoms with Crippen LogP contribution in [0.1, 0.15) is 31.5 Å². The minimum absolute atomic E-state index is 0.548. The summed E-state index contributed by atoms with van der Waals surface area (Å²) in [6.45, 7) is 6.50. The van der Waals surface area contributed by atoms with Crippen molar-refractivity contribution in [3.8, 4) is 5.69 Å². The van der Waals surface area contributed by atoms with Gasteiger partial charge in [0.2, 0.25) is 0 Å². The zero-order valence-corrected chi connectivity index (χ0v) is 14.5. The highest BCUT2D eigenvalue weighted by Crippen LogP contribution is 2.19. The second-order valence-electron chi connectivity index (χ2n) is 5.87. The molecule has 0 aliphatic heterocycles. The smallest absolute Gasteiger partial charge is 0.0636 e. The highest BCUT2D eigenvalue weighted by Gasteiger charge is 2.15. The van der Waals surface area contributed by atoms with E-state index in [2.05, 4.69) is 69.5 Å². The van der Waals surface area contributed by atoms with Gasteiger partial charge in [-0.15, -0.1) is 0 Å². The molecule has 0 N–H and O–H groups in total. The average Bonchev–Trinajstić information content (AvgIpc) is 3.26. The summed E-state index contributed by atoms with van der Waals surface area (Å²) in [6, 6.07) is 11.2. The Labute approximate surface area is 142 Å². The summed E-state index contributed by atoms with van der Waals surface area (Å²) in [5.74, 6) is 0. The highest BCUT2D eigenvalue weighted by molar-refractivity contribution is 7.07. The van der Waals surface area contributed by atoms with Gasteiger partial charge >= 0.3 is 0 Å². The first kappa shape index (κ1) is 16.0. The van der Waals surface area contributed by atoms with Crippen molar-refractivity contribution in [2.75, 3.05) is 0 Å². The molecular weight excluding hydrogens is 302 g/mol. The first-order valence-corrected chi connectivity index (χ1v) is 9.04. The summed E-state index contributed by atoms with van der Waals surface area (Å²) >= 11 is 1.77. The molecule has 3 aromatic rings. The van der Waals surface area contributed by atoms with E-state index < -0.39 is 0 Å². The van der Waals surface area contributed by atoms with Gasteiger partial charge in [-0.1, -0.05) is 6.92 Å². The molecule has 3 rings (SSSR count). The van der Waals surface area contributed by atoms with E-state index in [4.69, 9.17) is 0 Å². The Bertz CT molecular complexity index is 703. The molecule has 0 unspecified atom stereocenters. The molecule has 3 heterocycles. The van der Waals surface area contributed by atoms with Crippen LogP contribution in [0, 0.1) is 0 Å². The Morgan fingerprint density at radius 2 is 2.13 bits per heavy atom. The number of aromatic nitrogens is 2. The van der Waals surface area contributed by atoms with Gasteiger partial charge < -0.3 is 4.57 Å². The third kappa shape index (κ3) is 3.89. The van der Waals surface area contributed by atoms with Crippen molar-refractivity contribution in [3.63, 3.8) is 0 Å². The van der Waals surface area contributed by atoms with Crippen molar-refractivity contribution in [2.45, 2.75) is 39.4 Å². The SMILES string of the molecule is CC[C@@H](C)N(Cc1ccsc1)Cc1cccn1-c1cccnc1. The third-order valence-electron chi connectivity index (χ3n) is 4.30. The Morgan fingerprint density at radius 1 is 1.22 bits per heavy atom. The Balaban J connectivity index is 1.82. The molecule has 0 aliphatic carbocycles. The fourth-order valence-electron chi connectivity index (χ4n) is 2.74. The van der Waals surface area contributed by atoms with Gasteiger partial charge in [-0.25, -0.2) is 0 Å². The molecule has 4 heteroatoms. The third-order valence-corrected chi connectivity index (χ3v) is 5.03. The zero-order valence-electron chi connectivity index (χ0n) is 13.7. The van der Waals surface area contributed by atoms with E-state index >= 15 is 0 Å². The maximum Gasteiger partial charge on any atom is 0.0636 e. The molecule has 0 saturated heterocycles. The summed E-state index contributed by atoms with van der Waals surface area (Å²) in [5.41, 5.74) is 3.82. The predicted molar refractivity (Wildman–Crippen MR) is 96.9 cm³/mol. The van der Waals surface area contributed by atoms with Crippen molar-refractivity contribution in [1.82, 2.24) is 14.5 Å². The van der Waals surface area contributed by atoms with Crippen molar-refractivity contribution >= 4 is 11.3 Å². The lowest BCUT2D eigenvalue weighted by atomic mass is 10.2. The normalized spacial score (nSPS) is 12.7. The maximum absolute atomic E-state index is 4.24. The van der Waals surface area contributed by atoms with E-state index in [-0.39, 0.29) is 0 Å². The van der Waals surface area contributed by atoms with E-state index in [0.29, 0.717) is 6.04 Å². The summed E-state index contributed by atoms with van der Waals surface area (Å²) in [6.07, 6.45) is 6.99. The van der Waals surface area contributed by atoms with Crippen LogP contribution in [-0.4, -0.2) is 20.5 Å². The molecule has 23 heavy (non-hydrogen) atoms. The summed E-state index contributed by atoms with van der Waals surface area (Å²) in [5, 5.41) is 4.40. The quantitative estimate of drug-likeness (QED) is 0.626. The highest BCUT2D eigenvalue weighted by atomic mass is 32.1. The van der Waals surface area contributed by atoms with E-state index in [1.54, 1.807) is 11.3 Å². The van der Waals surface area contributed by atoms with Crippen molar-refractivity contribution in [2.24, 2.45) is 0 Å². The van der Waals surface area contributed by atoms with Crippen molar-refractivity contribution in [3.05, 3.63) is 70.9 Å². The zero-order chi connectivity index (χ0) is 16.1. The molecule has 0 spiro atoms. The van der Waals surface area contributed by atoms with Crippen LogP contribution in [0.15, 0.2) is 59.7 Å². The van der Waals surface area contributed by atoms with Crippen LogP contribution in [0.5, 0.6) is 0 Å². The lowest BCUT2D eigenvalue weighted by molar-refractivity contribution is 0.183. The summed E-state index contributed by atoms with van der Waals surface area (Å²) in [7, 11) is 0. The van der Waals surface area contributed by atoms with Gasteiger partial charge in [0, 0.05) is 37.2 Å². The van der Waals surface area contributed by atoms with Gasteiger partial charge in [0.05, 0.1) is 11.9 Å². The Morgan fingerprint density at radius 3 is 2.83 bits per heavy atom. The standard InChI is InChI=1S/C19H23N3S/c1-3-16(2)21(13-17-8-11-23-15-17)14-19-7-5-10-22(19)18-6-4-9-20-12-18/h4-12,15-16H,3,13-14H2,1-2H3/t16-/m1/s1. The van der Waals surface area contributed by atoms with E-state index in [1.165, 1.54) is 11.3 Å². The van der Waals surface area contributed by atoms with E-state index in [0.717, 1.165) is 25.2 Å². The predicted octanol–water partition coefficient (Wildman–Crippen LogP) is 4.73. The van der Waals surface area contributed by atoms with Crippen LogP contribution in [0.2, 0.25) is 0 Å². The van der Waals surface area contributed by atoms with Crippen LogP contribution in [0.25, 0.3) is 5.69 Å². The number of nitrogens with zero attached hydrogens (tertiary/aromatic N) is 3. The van der Waals surface area contributed by atoms with E-state index in [9.17, 15) is 0 Å². The van der Waals surface area contributed by atoms with Crippen molar-refractivity contribution < 1.29 is 0 Å². The molecule has 1 atom stereocenters. The second kappa shape index (κ2) is 7.57. The van der Waals surface area contributed by atoms with Crippen LogP contribution >= 0.6 is 11.3 Å². The molecule has 3 nitrogen and oxygen atoms in total. The van der Waals surface area contributed by atoms with Crippen LogP contribution in [0.4, 0.5) is 0 Å². The fraction of sp³-hybridized carbons (Fsp3) is 0.316. The van der Waals surface area contributed by atoms with Gasteiger partial charge in [0.1, 0.15) is 0 Å². The molecule has 0 amide bonds. The largest absolute Gasteiger partial charge is 0.318 e. The van der Waals surface area contributed by atoms with Gasteiger partial charge in [-0.3, -0.25) is 9.88 Å². The topological polar surface area (TPSA) is 21.1 Å². The van der Waals surface area contributed by atoms with E-state index in [1.807, 2.05) is 18.5 Å². The Hall–Kier alpha value is -1.91. The molecule has 0 aromatic carbocycles. The molecule has 0 aliphatic rings. The van der Waals surface area contributed by atoms with Crippen LogP contribution in [-0.2, 0) is 13.1 Å². The van der Waals surface area contributed by atoms with Crippen LogP contribution < -0.4 is 0 Å². The molecule has 0 saturated carbocycles. The van der Waals surface area contributed by atoms with Crippen molar-refractivity contribution in [1.29, 1.82) is 0 Å². The number of hydrogen-bond acceptors (Lipinski definition) is 3. The molecule has 0 radical (unpaired) electrons.